The molecule has 3 aromatic carbocycles. The number of amides is 1. The van der Waals surface area contributed by atoms with E-state index in [1.807, 2.05) is 0 Å². The smallest absolute Gasteiger partial charge is 0.273 e. The molecule has 0 atom stereocenters. The molecule has 2 aliphatic rings. The van der Waals surface area contributed by atoms with Gasteiger partial charge < -0.3 is 33.3 Å². The number of nitro groups is 1. The summed E-state index contributed by atoms with van der Waals surface area (Å²) >= 11 is 0. The second-order valence-electron chi connectivity index (χ2n) is 11.8. The Morgan fingerprint density at radius 1 is 0.978 bits per heavy atom. The summed E-state index contributed by atoms with van der Waals surface area (Å²) in [6, 6.07) is 8.83. The van der Waals surface area contributed by atoms with Gasteiger partial charge in [0.2, 0.25) is 5.43 Å². The molecular formula is C32H29FN6O6. The Kier molecular flexibility index (Phi) is 6.38. The van der Waals surface area contributed by atoms with E-state index in [-0.39, 0.29) is 33.5 Å². The fraction of sp³-hybridized carbons (Fsp3) is 0.312. The van der Waals surface area contributed by atoms with Gasteiger partial charge in [-0.05, 0) is 50.9 Å². The van der Waals surface area contributed by atoms with Crippen LogP contribution in [-0.2, 0) is 0 Å². The molecule has 6 aromatic rings. The zero-order valence-corrected chi connectivity index (χ0v) is 24.2. The van der Waals surface area contributed by atoms with E-state index in [4.69, 9.17) is 8.83 Å². The lowest BCUT2D eigenvalue weighted by atomic mass is 10.1. The summed E-state index contributed by atoms with van der Waals surface area (Å²) in [5.41, 5.74) is 2.39. The van der Waals surface area contributed by atoms with Crippen molar-refractivity contribution in [2.24, 2.45) is 0 Å². The molecule has 0 aliphatic carbocycles. The van der Waals surface area contributed by atoms with E-state index in [1.165, 1.54) is 24.4 Å². The highest BCUT2D eigenvalue weighted by molar-refractivity contribution is 6.07. The molecule has 5 heterocycles. The second kappa shape index (κ2) is 10.5. The van der Waals surface area contributed by atoms with Crippen LogP contribution in [0.15, 0.2) is 56.2 Å². The van der Waals surface area contributed by atoms with Crippen molar-refractivity contribution < 1.29 is 22.9 Å². The molecule has 0 spiro atoms. The van der Waals surface area contributed by atoms with Crippen LogP contribution in [0.2, 0.25) is 0 Å². The molecule has 230 valence electrons. The quantitative estimate of drug-likeness (QED) is 0.104. The van der Waals surface area contributed by atoms with E-state index in [1.54, 1.807) is 27.5 Å². The van der Waals surface area contributed by atoms with Crippen molar-refractivity contribution >= 4 is 67.1 Å². The lowest BCUT2D eigenvalue weighted by Gasteiger charge is -2.20. The van der Waals surface area contributed by atoms with Gasteiger partial charge >= 0.3 is 0 Å². The van der Waals surface area contributed by atoms with Crippen LogP contribution >= 0.6 is 0 Å². The van der Waals surface area contributed by atoms with Crippen LogP contribution < -0.4 is 10.7 Å². The number of fused-ring (bicyclic) bond motifs is 4. The Morgan fingerprint density at radius 2 is 1.73 bits per heavy atom. The average Bonchev–Trinajstić information content (AvgIpc) is 3.76. The molecule has 12 nitrogen and oxygen atoms in total. The number of aromatic nitrogens is 2. The summed E-state index contributed by atoms with van der Waals surface area (Å²) in [6.07, 6.45) is 5.49. The highest BCUT2D eigenvalue weighted by Crippen LogP contribution is 2.36. The van der Waals surface area contributed by atoms with Crippen LogP contribution in [0.4, 0.5) is 15.8 Å². The molecular weight excluding hydrogens is 583 g/mol. The molecule has 13 heteroatoms. The van der Waals surface area contributed by atoms with Gasteiger partial charge in [-0.15, -0.1) is 0 Å². The number of carbonyl (C=O) groups is 1. The third-order valence-electron chi connectivity index (χ3n) is 8.95. The Bertz CT molecular complexity index is 2270. The topological polar surface area (TPSA) is 142 Å². The molecule has 0 bridgehead atoms. The third kappa shape index (κ3) is 4.53. The minimum atomic E-state index is -0.647. The molecule has 2 saturated heterocycles. The van der Waals surface area contributed by atoms with E-state index in [0.717, 1.165) is 45.3 Å². The number of benzene rings is 3. The van der Waals surface area contributed by atoms with Crippen LogP contribution in [0, 0.1) is 15.9 Å². The molecule has 3 aromatic heterocycles. The number of hydrogen-bond donors (Lipinski definition) is 2. The van der Waals surface area contributed by atoms with Gasteiger partial charge in [0.25, 0.3) is 11.6 Å². The predicted molar refractivity (Wildman–Crippen MR) is 167 cm³/mol. The van der Waals surface area contributed by atoms with Gasteiger partial charge in [-0.2, -0.15) is 0 Å². The SMILES string of the molecule is O=C(c1cn2c3cc4oc5cc([N+](=O)[O-])ccc5[nH]c4cc3oc3c(NCCN4CCCC4)c(F)cc(c1=O)c32)N1CCCC1. The highest BCUT2D eigenvalue weighted by Gasteiger charge is 2.27. The highest BCUT2D eigenvalue weighted by atomic mass is 19.1. The van der Waals surface area contributed by atoms with E-state index >= 15 is 4.39 Å². The van der Waals surface area contributed by atoms with Gasteiger partial charge in [-0.3, -0.25) is 19.7 Å². The molecule has 2 N–H and O–H groups in total. The molecule has 0 unspecified atom stereocenters. The van der Waals surface area contributed by atoms with Gasteiger partial charge in [-0.25, -0.2) is 4.39 Å². The van der Waals surface area contributed by atoms with Crippen LogP contribution in [-0.4, -0.2) is 69.3 Å². The average molecular weight is 613 g/mol. The summed E-state index contributed by atoms with van der Waals surface area (Å²) in [4.78, 5) is 45.4. The Balaban J connectivity index is 1.38. The second-order valence-corrected chi connectivity index (χ2v) is 11.8. The number of H-pyrrole nitrogens is 1. The van der Waals surface area contributed by atoms with E-state index in [2.05, 4.69) is 15.2 Å². The molecule has 0 radical (unpaired) electrons. The van der Waals surface area contributed by atoms with Crippen molar-refractivity contribution in [3.05, 3.63) is 74.3 Å². The number of aromatic amines is 1. The van der Waals surface area contributed by atoms with Gasteiger partial charge in [0, 0.05) is 50.6 Å². The number of carbonyl (C=O) groups excluding carboxylic acids is 1. The normalized spacial score (nSPS) is 15.8. The number of rotatable bonds is 6. The molecule has 8 rings (SSSR count). The fourth-order valence-corrected chi connectivity index (χ4v) is 6.66. The minimum absolute atomic E-state index is 0.0287. The number of halogens is 1. The zero-order chi connectivity index (χ0) is 30.8. The number of nitrogens with zero attached hydrogens (tertiary/aromatic N) is 4. The van der Waals surface area contributed by atoms with Crippen molar-refractivity contribution in [1.82, 2.24) is 19.2 Å². The van der Waals surface area contributed by atoms with Crippen molar-refractivity contribution in [3.8, 4) is 0 Å². The van der Waals surface area contributed by atoms with Crippen LogP contribution in [0.3, 0.4) is 0 Å². The van der Waals surface area contributed by atoms with Gasteiger partial charge in [0.05, 0.1) is 32.9 Å². The molecule has 0 saturated carbocycles. The maximum Gasteiger partial charge on any atom is 0.273 e. The first-order valence-corrected chi connectivity index (χ1v) is 15.1. The van der Waals surface area contributed by atoms with E-state index < -0.39 is 22.1 Å². The fourth-order valence-electron chi connectivity index (χ4n) is 6.66. The summed E-state index contributed by atoms with van der Waals surface area (Å²) in [7, 11) is 0. The number of hydrogen-bond acceptors (Lipinski definition) is 8. The van der Waals surface area contributed by atoms with E-state index in [0.29, 0.717) is 52.9 Å². The minimum Gasteiger partial charge on any atom is -0.453 e. The monoisotopic (exact) mass is 612 g/mol. The lowest BCUT2D eigenvalue weighted by Crippen LogP contribution is -2.32. The summed E-state index contributed by atoms with van der Waals surface area (Å²) < 4.78 is 30.0. The Labute approximate surface area is 253 Å². The van der Waals surface area contributed by atoms with Crippen LogP contribution in [0.1, 0.15) is 36.0 Å². The first kappa shape index (κ1) is 27.4. The van der Waals surface area contributed by atoms with E-state index in [9.17, 15) is 19.7 Å². The van der Waals surface area contributed by atoms with Crippen LogP contribution in [0.5, 0.6) is 0 Å². The Morgan fingerprint density at radius 3 is 2.51 bits per heavy atom. The summed E-state index contributed by atoms with van der Waals surface area (Å²) in [6.45, 7) is 4.31. The van der Waals surface area contributed by atoms with Crippen LogP contribution in [0.25, 0.3) is 49.8 Å². The van der Waals surface area contributed by atoms with Gasteiger partial charge in [0.1, 0.15) is 16.8 Å². The predicted octanol–water partition coefficient (Wildman–Crippen LogP) is 5.78. The first-order chi connectivity index (χ1) is 21.9. The van der Waals surface area contributed by atoms with Crippen molar-refractivity contribution in [2.75, 3.05) is 44.6 Å². The number of pyridine rings is 1. The maximum absolute atomic E-state index is 15.9. The number of likely N-dealkylation sites (tertiary alicyclic amines) is 2. The molecule has 1 amide bonds. The molecule has 2 aliphatic heterocycles. The van der Waals surface area contributed by atoms with Crippen molar-refractivity contribution in [1.29, 1.82) is 0 Å². The molecule has 2 fully saturated rings. The van der Waals surface area contributed by atoms with Crippen molar-refractivity contribution in [2.45, 2.75) is 25.7 Å². The number of nitro benzene ring substituents is 1. The van der Waals surface area contributed by atoms with Gasteiger partial charge in [0.15, 0.2) is 28.1 Å². The largest absolute Gasteiger partial charge is 0.453 e. The zero-order valence-electron chi connectivity index (χ0n) is 24.2. The first-order valence-electron chi connectivity index (χ1n) is 15.1. The third-order valence-corrected chi connectivity index (χ3v) is 8.95. The number of non-ortho nitro benzene ring substituents is 1. The summed E-state index contributed by atoms with van der Waals surface area (Å²) in [5.74, 6) is -1.05. The van der Waals surface area contributed by atoms with Crippen molar-refractivity contribution in [3.63, 3.8) is 0 Å². The number of nitrogens with one attached hydrogen (secondary N) is 2. The lowest BCUT2D eigenvalue weighted by molar-refractivity contribution is -0.384. The Hall–Kier alpha value is -5.17. The standard InChI is InChI=1S/C32H29FN6O6/c33-21-14-19-29-31(28(21)34-7-12-36-8-1-2-9-36)45-27-15-23-26(44-25-13-18(39(42)43)5-6-22(25)35-23)16-24(27)38(29)17-20(30(19)40)32(41)37-10-3-4-11-37/h5-6,13-17,34-35H,1-4,7-12H2. The summed E-state index contributed by atoms with van der Waals surface area (Å²) in [5, 5.41) is 14.6. The maximum atomic E-state index is 15.9. The van der Waals surface area contributed by atoms with Gasteiger partial charge in [-0.1, -0.05) is 0 Å². The number of anilines is 1. The molecule has 45 heavy (non-hydrogen) atoms.